The first-order chi connectivity index (χ1) is 11.9. The van der Waals surface area contributed by atoms with Gasteiger partial charge in [-0.15, -0.1) is 23.7 Å². The molecular weight excluding hydrogens is 394 g/mol. The highest BCUT2D eigenvalue weighted by Gasteiger charge is 2.29. The Labute approximate surface area is 163 Å². The van der Waals surface area contributed by atoms with E-state index in [4.69, 9.17) is 5.73 Å². The third-order valence-corrected chi connectivity index (χ3v) is 7.10. The normalized spacial score (nSPS) is 15.6. The summed E-state index contributed by atoms with van der Waals surface area (Å²) in [5.41, 5.74) is 6.88. The summed E-state index contributed by atoms with van der Waals surface area (Å²) in [7, 11) is -3.64. The van der Waals surface area contributed by atoms with Gasteiger partial charge in [0.2, 0.25) is 10.0 Å². The summed E-state index contributed by atoms with van der Waals surface area (Å²) < 4.78 is 27.4. The molecule has 1 atom stereocenters. The first-order valence-corrected chi connectivity index (χ1v) is 10.4. The third-order valence-electron chi connectivity index (χ3n) is 4.24. The number of sulfonamides is 1. The van der Waals surface area contributed by atoms with Gasteiger partial charge in [0.05, 0.1) is 4.90 Å². The lowest BCUT2D eigenvalue weighted by atomic mass is 10.1. The van der Waals surface area contributed by atoms with Crippen LogP contribution in [0.4, 0.5) is 0 Å². The van der Waals surface area contributed by atoms with Crippen LogP contribution in [-0.4, -0.2) is 37.8 Å². The monoisotopic (exact) mass is 415 g/mol. The molecule has 2 heterocycles. The molecule has 1 aromatic heterocycles. The summed E-state index contributed by atoms with van der Waals surface area (Å²) in [6.45, 7) is 2.95. The summed E-state index contributed by atoms with van der Waals surface area (Å²) in [5.74, 6) is -0.325. The second-order valence-corrected chi connectivity index (χ2v) is 9.03. The standard InChI is InChI=1S/C17H21N3O3S2.ClH/c1-12(10-18)19-17(21)13-3-2-4-15(9-13)25(22,23)20-7-5-16-14(11-20)6-8-24-16;/h2-4,6,8-9,12H,5,7,10-11,18H2,1H3,(H,19,21);1H/t12-;/m0./s1. The van der Waals surface area contributed by atoms with Crippen molar-refractivity contribution >= 4 is 39.7 Å². The minimum Gasteiger partial charge on any atom is -0.348 e. The number of nitrogens with two attached hydrogens (primary N) is 1. The smallest absolute Gasteiger partial charge is 0.251 e. The second kappa shape index (κ2) is 8.49. The average molecular weight is 416 g/mol. The lowest BCUT2D eigenvalue weighted by Crippen LogP contribution is -2.38. The number of thiophene rings is 1. The fraction of sp³-hybridized carbons (Fsp3) is 0.353. The number of carbonyl (C=O) groups is 1. The maximum atomic E-state index is 12.9. The third kappa shape index (κ3) is 4.27. The topological polar surface area (TPSA) is 92.5 Å². The lowest BCUT2D eigenvalue weighted by Gasteiger charge is -2.26. The van der Waals surface area contributed by atoms with Crippen molar-refractivity contribution in [3.8, 4) is 0 Å². The largest absolute Gasteiger partial charge is 0.348 e. The molecule has 1 aliphatic heterocycles. The number of hydrogen-bond donors (Lipinski definition) is 2. The van der Waals surface area contributed by atoms with Crippen molar-refractivity contribution in [3.05, 3.63) is 51.7 Å². The minimum absolute atomic E-state index is 0. The first kappa shape index (κ1) is 20.9. The SMILES string of the molecule is C[C@@H](CN)NC(=O)c1cccc(S(=O)(=O)N2CCc3sccc3C2)c1.Cl. The second-order valence-electron chi connectivity index (χ2n) is 6.10. The number of amides is 1. The summed E-state index contributed by atoms with van der Waals surface area (Å²) in [6.07, 6.45) is 0.723. The van der Waals surface area contributed by atoms with Crippen molar-refractivity contribution in [1.82, 2.24) is 9.62 Å². The minimum atomic E-state index is -3.64. The Hall–Kier alpha value is -1.45. The van der Waals surface area contributed by atoms with E-state index in [1.807, 2.05) is 11.4 Å². The zero-order valence-electron chi connectivity index (χ0n) is 14.3. The van der Waals surface area contributed by atoms with Gasteiger partial charge in [0.25, 0.3) is 5.91 Å². The summed E-state index contributed by atoms with van der Waals surface area (Å²) in [4.78, 5) is 13.6. The van der Waals surface area contributed by atoms with Crippen molar-refractivity contribution in [2.75, 3.05) is 13.1 Å². The first-order valence-electron chi connectivity index (χ1n) is 8.08. The van der Waals surface area contributed by atoms with Crippen LogP contribution in [0.1, 0.15) is 27.7 Å². The molecule has 1 amide bonds. The Bertz CT molecular complexity index is 883. The highest BCUT2D eigenvalue weighted by molar-refractivity contribution is 7.89. The zero-order chi connectivity index (χ0) is 18.0. The molecule has 1 aliphatic rings. The number of halogens is 1. The molecular formula is C17H22ClN3O3S2. The molecule has 2 aromatic rings. The Morgan fingerprint density at radius 3 is 2.88 bits per heavy atom. The Balaban J connectivity index is 0.00000243. The van der Waals surface area contributed by atoms with E-state index >= 15 is 0 Å². The molecule has 142 valence electrons. The summed E-state index contributed by atoms with van der Waals surface area (Å²) in [5, 5.41) is 4.73. The quantitative estimate of drug-likeness (QED) is 0.781. The van der Waals surface area contributed by atoms with Crippen molar-refractivity contribution < 1.29 is 13.2 Å². The van der Waals surface area contributed by atoms with Crippen LogP contribution in [-0.2, 0) is 23.0 Å². The predicted molar refractivity (Wildman–Crippen MR) is 105 cm³/mol. The molecule has 9 heteroatoms. The zero-order valence-corrected chi connectivity index (χ0v) is 16.8. The van der Waals surface area contributed by atoms with Gasteiger partial charge < -0.3 is 11.1 Å². The molecule has 0 aliphatic carbocycles. The van der Waals surface area contributed by atoms with Crippen LogP contribution in [0.25, 0.3) is 0 Å². The van der Waals surface area contributed by atoms with Gasteiger partial charge in [-0.1, -0.05) is 6.07 Å². The van der Waals surface area contributed by atoms with Gasteiger partial charge in [0.1, 0.15) is 0 Å². The van der Waals surface area contributed by atoms with Crippen molar-refractivity contribution in [2.45, 2.75) is 30.8 Å². The van der Waals surface area contributed by atoms with Crippen LogP contribution in [0.15, 0.2) is 40.6 Å². The van der Waals surface area contributed by atoms with Gasteiger partial charge in [0, 0.05) is 36.1 Å². The average Bonchev–Trinajstić information content (AvgIpc) is 3.09. The van der Waals surface area contributed by atoms with Crippen LogP contribution in [0.3, 0.4) is 0 Å². The van der Waals surface area contributed by atoms with Crippen LogP contribution in [0.5, 0.6) is 0 Å². The van der Waals surface area contributed by atoms with E-state index in [1.54, 1.807) is 30.4 Å². The molecule has 26 heavy (non-hydrogen) atoms. The molecule has 6 nitrogen and oxygen atoms in total. The summed E-state index contributed by atoms with van der Waals surface area (Å²) in [6, 6.07) is 7.95. The molecule has 3 rings (SSSR count). The fourth-order valence-electron chi connectivity index (χ4n) is 2.74. The van der Waals surface area contributed by atoms with Crippen LogP contribution in [0, 0.1) is 0 Å². The van der Waals surface area contributed by atoms with Gasteiger partial charge >= 0.3 is 0 Å². The highest BCUT2D eigenvalue weighted by atomic mass is 35.5. The van der Waals surface area contributed by atoms with E-state index < -0.39 is 10.0 Å². The van der Waals surface area contributed by atoms with Crippen molar-refractivity contribution in [3.63, 3.8) is 0 Å². The van der Waals surface area contributed by atoms with Crippen molar-refractivity contribution in [1.29, 1.82) is 0 Å². The fourth-order valence-corrected chi connectivity index (χ4v) is 5.10. The Morgan fingerprint density at radius 2 is 2.15 bits per heavy atom. The number of nitrogens with one attached hydrogen (secondary N) is 1. The molecule has 0 unspecified atom stereocenters. The van der Waals surface area contributed by atoms with E-state index in [0.29, 0.717) is 25.2 Å². The number of fused-ring (bicyclic) bond motifs is 1. The number of carbonyl (C=O) groups excluding carboxylic acids is 1. The maximum Gasteiger partial charge on any atom is 0.251 e. The lowest BCUT2D eigenvalue weighted by molar-refractivity contribution is 0.0941. The van der Waals surface area contributed by atoms with Gasteiger partial charge in [-0.3, -0.25) is 4.79 Å². The van der Waals surface area contributed by atoms with Crippen LogP contribution >= 0.6 is 23.7 Å². The maximum absolute atomic E-state index is 12.9. The predicted octanol–water partition coefficient (Wildman–Crippen LogP) is 1.99. The number of benzene rings is 1. The molecule has 0 fully saturated rings. The number of nitrogens with zero attached hydrogens (tertiary/aromatic N) is 1. The van der Waals surface area contributed by atoms with Crippen LogP contribution < -0.4 is 11.1 Å². The molecule has 0 spiro atoms. The molecule has 0 saturated heterocycles. The molecule has 0 radical (unpaired) electrons. The highest BCUT2D eigenvalue weighted by Crippen LogP contribution is 2.28. The van der Waals surface area contributed by atoms with E-state index in [-0.39, 0.29) is 29.3 Å². The van der Waals surface area contributed by atoms with Gasteiger partial charge in [0.15, 0.2) is 0 Å². The molecule has 3 N–H and O–H groups in total. The number of rotatable bonds is 5. The van der Waals surface area contributed by atoms with Gasteiger partial charge in [-0.25, -0.2) is 8.42 Å². The molecule has 1 aromatic carbocycles. The van der Waals surface area contributed by atoms with Gasteiger partial charge in [-0.2, -0.15) is 4.31 Å². The van der Waals surface area contributed by atoms with E-state index in [2.05, 4.69) is 5.32 Å². The summed E-state index contributed by atoms with van der Waals surface area (Å²) >= 11 is 1.66. The van der Waals surface area contributed by atoms with Crippen molar-refractivity contribution in [2.24, 2.45) is 5.73 Å². The van der Waals surface area contributed by atoms with E-state index in [9.17, 15) is 13.2 Å². The van der Waals surface area contributed by atoms with Crippen LogP contribution in [0.2, 0.25) is 0 Å². The Morgan fingerprint density at radius 1 is 1.38 bits per heavy atom. The van der Waals surface area contributed by atoms with E-state index in [1.165, 1.54) is 21.3 Å². The number of hydrogen-bond acceptors (Lipinski definition) is 5. The molecule has 0 bridgehead atoms. The van der Waals surface area contributed by atoms with E-state index in [0.717, 1.165) is 12.0 Å². The van der Waals surface area contributed by atoms with Gasteiger partial charge in [-0.05, 0) is 48.6 Å². The molecule has 0 saturated carbocycles. The Kier molecular flexibility index (Phi) is 6.81.